The summed E-state index contributed by atoms with van der Waals surface area (Å²) in [6.07, 6.45) is 10.5. The van der Waals surface area contributed by atoms with E-state index in [1.165, 1.54) is 11.1 Å². The van der Waals surface area contributed by atoms with Crippen LogP contribution in [-0.4, -0.2) is 68.2 Å². The van der Waals surface area contributed by atoms with Crippen molar-refractivity contribution in [3.8, 4) is 22.5 Å². The third-order valence-electron chi connectivity index (χ3n) is 7.89. The van der Waals surface area contributed by atoms with E-state index in [1.807, 2.05) is 12.4 Å². The Bertz CT molecular complexity index is 1340. The zero-order valence-electron chi connectivity index (χ0n) is 21.0. The Labute approximate surface area is 205 Å². The van der Waals surface area contributed by atoms with Crippen LogP contribution in [-0.2, 0) is 4.74 Å². The first kappa shape index (κ1) is 22.4. The van der Waals surface area contributed by atoms with Gasteiger partial charge >= 0.3 is 0 Å². The maximum atomic E-state index is 5.56. The molecule has 5 heterocycles. The van der Waals surface area contributed by atoms with Crippen molar-refractivity contribution >= 4 is 11.0 Å². The SMILES string of the molecule is Cc1cc(-c2cc3c(-c4cnn(C5CC(N(C)C)C5)c4)c[nH]c3nn2)nc(C)c1C1CCOCC1. The van der Waals surface area contributed by atoms with Crippen LogP contribution in [0, 0.1) is 13.8 Å². The summed E-state index contributed by atoms with van der Waals surface area (Å²) in [5.74, 6) is 0.523. The highest BCUT2D eigenvalue weighted by Crippen LogP contribution is 2.37. The zero-order valence-corrected chi connectivity index (χ0v) is 21.0. The molecule has 35 heavy (non-hydrogen) atoms. The maximum absolute atomic E-state index is 5.56. The normalized spacial score (nSPS) is 21.1. The van der Waals surface area contributed by atoms with E-state index in [0.29, 0.717) is 18.0 Å². The number of ether oxygens (including phenoxy) is 1. The Morgan fingerprint density at radius 2 is 1.86 bits per heavy atom. The first-order valence-electron chi connectivity index (χ1n) is 12.6. The molecule has 2 aliphatic rings. The highest BCUT2D eigenvalue weighted by Gasteiger charge is 2.32. The number of hydrogen-bond donors (Lipinski definition) is 1. The van der Waals surface area contributed by atoms with Gasteiger partial charge in [0.15, 0.2) is 5.65 Å². The predicted octanol–water partition coefficient (Wildman–Crippen LogP) is 4.66. The molecule has 1 saturated heterocycles. The van der Waals surface area contributed by atoms with Gasteiger partial charge in [0, 0.05) is 53.9 Å². The van der Waals surface area contributed by atoms with Gasteiger partial charge in [-0.2, -0.15) is 5.10 Å². The number of H-pyrrole nitrogens is 1. The monoisotopic (exact) mass is 471 g/mol. The lowest BCUT2D eigenvalue weighted by molar-refractivity contribution is 0.0850. The molecule has 0 spiro atoms. The average Bonchev–Trinajstić information content (AvgIpc) is 3.44. The van der Waals surface area contributed by atoms with Crippen LogP contribution < -0.4 is 0 Å². The van der Waals surface area contributed by atoms with Crippen molar-refractivity contribution in [2.24, 2.45) is 0 Å². The standard InChI is InChI=1S/C27H33N7O/c1-16-9-24(30-17(2)26(16)18-5-7-35-8-6-18)25-12-22-23(14-28-27(22)32-31-25)19-13-29-34(15-19)21-10-20(11-21)33(3)4/h9,12-15,18,20-21H,5-8,10-11H2,1-4H3,(H,28,32). The third kappa shape index (κ3) is 4.04. The molecule has 0 aromatic carbocycles. The number of aryl methyl sites for hydroxylation is 2. The van der Waals surface area contributed by atoms with Gasteiger partial charge in [0.2, 0.25) is 0 Å². The number of pyridine rings is 1. The molecular formula is C27H33N7O. The lowest BCUT2D eigenvalue weighted by atomic mass is 9.86. The summed E-state index contributed by atoms with van der Waals surface area (Å²) in [5.41, 5.74) is 8.36. The summed E-state index contributed by atoms with van der Waals surface area (Å²) in [4.78, 5) is 10.5. The molecule has 0 radical (unpaired) electrons. The first-order chi connectivity index (χ1) is 17.0. The molecule has 0 atom stereocenters. The van der Waals surface area contributed by atoms with Crippen molar-refractivity contribution in [3.63, 3.8) is 0 Å². The molecule has 182 valence electrons. The Morgan fingerprint density at radius 3 is 2.60 bits per heavy atom. The second kappa shape index (κ2) is 8.84. The molecule has 1 aliphatic carbocycles. The topological polar surface area (TPSA) is 84.8 Å². The van der Waals surface area contributed by atoms with Gasteiger partial charge in [0.05, 0.1) is 17.9 Å². The zero-order chi connectivity index (χ0) is 24.1. The van der Waals surface area contributed by atoms with Gasteiger partial charge in [-0.05, 0) is 82.8 Å². The molecule has 0 amide bonds. The summed E-state index contributed by atoms with van der Waals surface area (Å²) in [6.45, 7) is 5.96. The summed E-state index contributed by atoms with van der Waals surface area (Å²) in [6, 6.07) is 5.39. The first-order valence-corrected chi connectivity index (χ1v) is 12.6. The molecule has 6 rings (SSSR count). The molecule has 1 N–H and O–H groups in total. The molecule has 0 unspecified atom stereocenters. The van der Waals surface area contributed by atoms with Gasteiger partial charge in [-0.1, -0.05) is 0 Å². The van der Waals surface area contributed by atoms with Gasteiger partial charge < -0.3 is 14.6 Å². The number of aromatic amines is 1. The van der Waals surface area contributed by atoms with E-state index in [9.17, 15) is 0 Å². The maximum Gasteiger partial charge on any atom is 0.160 e. The molecule has 8 nitrogen and oxygen atoms in total. The van der Waals surface area contributed by atoms with Crippen molar-refractivity contribution < 1.29 is 4.74 Å². The summed E-state index contributed by atoms with van der Waals surface area (Å²) < 4.78 is 7.68. The number of aromatic nitrogens is 6. The summed E-state index contributed by atoms with van der Waals surface area (Å²) in [7, 11) is 4.30. The van der Waals surface area contributed by atoms with Crippen LogP contribution in [0.5, 0.6) is 0 Å². The van der Waals surface area contributed by atoms with Crippen LogP contribution in [0.15, 0.2) is 30.7 Å². The van der Waals surface area contributed by atoms with E-state index in [0.717, 1.165) is 78.1 Å². The molecular weight excluding hydrogens is 438 g/mol. The van der Waals surface area contributed by atoms with Gasteiger partial charge in [-0.25, -0.2) is 0 Å². The predicted molar refractivity (Wildman–Crippen MR) is 136 cm³/mol. The lowest BCUT2D eigenvalue weighted by Gasteiger charge is -2.39. The van der Waals surface area contributed by atoms with Gasteiger partial charge in [-0.3, -0.25) is 9.67 Å². The van der Waals surface area contributed by atoms with E-state index in [-0.39, 0.29) is 0 Å². The van der Waals surface area contributed by atoms with Crippen LogP contribution >= 0.6 is 0 Å². The Hall–Kier alpha value is -3.10. The largest absolute Gasteiger partial charge is 0.381 e. The van der Waals surface area contributed by atoms with Crippen molar-refractivity contribution in [1.29, 1.82) is 0 Å². The minimum atomic E-state index is 0.473. The molecule has 2 fully saturated rings. The van der Waals surface area contributed by atoms with E-state index in [4.69, 9.17) is 9.72 Å². The van der Waals surface area contributed by atoms with Crippen molar-refractivity contribution in [1.82, 2.24) is 34.8 Å². The number of nitrogens with one attached hydrogen (secondary N) is 1. The lowest BCUT2D eigenvalue weighted by Crippen LogP contribution is -2.41. The Balaban J connectivity index is 1.30. The minimum Gasteiger partial charge on any atom is -0.381 e. The average molecular weight is 472 g/mol. The fourth-order valence-electron chi connectivity index (χ4n) is 5.74. The van der Waals surface area contributed by atoms with E-state index < -0.39 is 0 Å². The quantitative estimate of drug-likeness (QED) is 0.456. The minimum absolute atomic E-state index is 0.473. The van der Waals surface area contributed by atoms with Crippen LogP contribution in [0.2, 0.25) is 0 Å². The van der Waals surface area contributed by atoms with Crippen LogP contribution in [0.1, 0.15) is 54.5 Å². The molecule has 8 heteroatoms. The molecule has 1 saturated carbocycles. The second-order valence-electron chi connectivity index (χ2n) is 10.4. The van der Waals surface area contributed by atoms with Gasteiger partial charge in [-0.15, -0.1) is 10.2 Å². The summed E-state index contributed by atoms with van der Waals surface area (Å²) in [5, 5.41) is 14.7. The van der Waals surface area contributed by atoms with E-state index in [1.54, 1.807) is 0 Å². The van der Waals surface area contributed by atoms with Gasteiger partial charge in [0.25, 0.3) is 0 Å². The number of fused-ring (bicyclic) bond motifs is 1. The highest BCUT2D eigenvalue weighted by molar-refractivity contribution is 5.94. The molecule has 1 aliphatic heterocycles. The Kier molecular flexibility index (Phi) is 5.65. The number of hydrogen-bond acceptors (Lipinski definition) is 6. The smallest absolute Gasteiger partial charge is 0.160 e. The second-order valence-corrected chi connectivity index (χ2v) is 10.4. The van der Waals surface area contributed by atoms with E-state index >= 15 is 0 Å². The van der Waals surface area contributed by atoms with Gasteiger partial charge in [0.1, 0.15) is 5.69 Å². The van der Waals surface area contributed by atoms with Crippen molar-refractivity contribution in [2.75, 3.05) is 27.3 Å². The van der Waals surface area contributed by atoms with E-state index in [2.05, 4.69) is 76.1 Å². The fourth-order valence-corrected chi connectivity index (χ4v) is 5.74. The fraction of sp³-hybridized carbons (Fsp3) is 0.481. The molecule has 4 aromatic rings. The number of rotatable bonds is 5. The van der Waals surface area contributed by atoms with Crippen molar-refractivity contribution in [3.05, 3.63) is 47.5 Å². The Morgan fingerprint density at radius 1 is 1.06 bits per heavy atom. The third-order valence-corrected chi connectivity index (χ3v) is 7.89. The van der Waals surface area contributed by atoms with Crippen LogP contribution in [0.3, 0.4) is 0 Å². The van der Waals surface area contributed by atoms with Crippen LogP contribution in [0.25, 0.3) is 33.5 Å². The van der Waals surface area contributed by atoms with Crippen LogP contribution in [0.4, 0.5) is 0 Å². The summed E-state index contributed by atoms with van der Waals surface area (Å²) >= 11 is 0. The molecule has 4 aromatic heterocycles. The van der Waals surface area contributed by atoms with Crippen molar-refractivity contribution in [2.45, 2.75) is 57.5 Å². The highest BCUT2D eigenvalue weighted by atomic mass is 16.5. The molecule has 0 bridgehead atoms. The number of nitrogens with zero attached hydrogens (tertiary/aromatic N) is 6.